The van der Waals surface area contributed by atoms with Gasteiger partial charge < -0.3 is 14.7 Å². The van der Waals surface area contributed by atoms with E-state index in [0.717, 1.165) is 24.0 Å². The van der Waals surface area contributed by atoms with Crippen LogP contribution in [0.3, 0.4) is 0 Å². The number of rotatable bonds is 10. The topological polar surface area (TPSA) is 123 Å². The number of phenols is 1. The van der Waals surface area contributed by atoms with Gasteiger partial charge in [-0.15, -0.1) is 0 Å². The maximum atomic E-state index is 16.1. The molecular weight excluding hydrogens is 769 g/mol. The van der Waals surface area contributed by atoms with Crippen molar-refractivity contribution in [2.75, 3.05) is 63.7 Å². The molecule has 312 valence electrons. The van der Waals surface area contributed by atoms with Crippen LogP contribution in [0.2, 0.25) is 0 Å². The predicted molar refractivity (Wildman–Crippen MR) is 220 cm³/mol. The summed E-state index contributed by atoms with van der Waals surface area (Å²) in [5.41, 5.74) is 1.37. The molecule has 0 saturated carbocycles. The van der Waals surface area contributed by atoms with Gasteiger partial charge in [0.25, 0.3) is 11.8 Å². The molecule has 11 nitrogen and oxygen atoms in total. The number of nitrogens with zero attached hydrogens (tertiary/aromatic N) is 4. The van der Waals surface area contributed by atoms with Gasteiger partial charge in [0.1, 0.15) is 24.1 Å². The number of carbonyl (C=O) groups excluding carboxylic acids is 4. The lowest BCUT2D eigenvalue weighted by Gasteiger charge is -2.39. The number of phenolic OH excluding ortho intramolecular Hbond substituents is 1. The first-order valence-electron chi connectivity index (χ1n) is 24.3. The van der Waals surface area contributed by atoms with Crippen LogP contribution in [0.1, 0.15) is 97.9 Å². The summed E-state index contributed by atoms with van der Waals surface area (Å²) in [4.78, 5) is 53.8. The average molecular weight is 826 g/mol. The highest BCUT2D eigenvalue weighted by atomic mass is 19.2. The van der Waals surface area contributed by atoms with Gasteiger partial charge in [-0.2, -0.15) is 0 Å². The normalized spacial score (nSPS) is 28.1. The van der Waals surface area contributed by atoms with Crippen LogP contribution in [0.4, 0.5) is 14.5 Å². The number of aryl methyl sites for hydroxylation is 1. The van der Waals surface area contributed by atoms with Crippen molar-refractivity contribution >= 4 is 29.3 Å². The van der Waals surface area contributed by atoms with Crippen molar-refractivity contribution in [2.45, 2.75) is 56.4 Å². The number of fused-ring (bicyclic) bond motifs is 2. The Morgan fingerprint density at radius 3 is 2.27 bits per heavy atom. The fourth-order valence-electron chi connectivity index (χ4n) is 9.19. The van der Waals surface area contributed by atoms with Gasteiger partial charge in [0.05, 0.1) is 22.3 Å². The van der Waals surface area contributed by atoms with E-state index in [-0.39, 0.29) is 35.3 Å². The third-order valence-electron chi connectivity index (χ3n) is 12.3. The van der Waals surface area contributed by atoms with Crippen LogP contribution in [0.25, 0.3) is 0 Å². The number of ether oxygens (including phenoxy) is 1. The Kier molecular flexibility index (Phi) is 8.73. The number of benzene rings is 4. The number of carbonyl (C=O) groups is 4. The molecule has 0 aromatic heterocycles. The van der Waals surface area contributed by atoms with Crippen molar-refractivity contribution in [2.24, 2.45) is 5.92 Å². The highest BCUT2D eigenvalue weighted by Gasteiger charge is 2.47. The van der Waals surface area contributed by atoms with Crippen molar-refractivity contribution in [3.8, 4) is 11.5 Å². The quantitative estimate of drug-likeness (QED) is 0.190. The SMILES string of the molecule is [2H]C1([2H])N(CC2CCN(CCOc3ccc([C@@H]4c5ccc(O)cc5CC[C@@H]4c4ccccc4)cc3)CC2)C([2H])([2H])C([2H])([2H])N(c2cc3c(c(F)c2F)C(=O)N(C2CCC(=O)NC2=O)C3=O)C1([2H])[2H]. The molecule has 9 rings (SSSR count). The Bertz CT molecular complexity index is 2650. The van der Waals surface area contributed by atoms with Gasteiger partial charge >= 0.3 is 0 Å². The summed E-state index contributed by atoms with van der Waals surface area (Å²) in [6, 6.07) is 23.0. The number of aromatic hydroxyl groups is 1. The molecule has 0 spiro atoms. The van der Waals surface area contributed by atoms with Crippen molar-refractivity contribution in [3.05, 3.63) is 124 Å². The van der Waals surface area contributed by atoms with Gasteiger partial charge in [0.15, 0.2) is 11.6 Å². The van der Waals surface area contributed by atoms with Crippen molar-refractivity contribution in [1.82, 2.24) is 20.0 Å². The predicted octanol–water partition coefficient (Wildman–Crippen LogP) is 5.85. The Hall–Kier alpha value is -5.66. The van der Waals surface area contributed by atoms with Gasteiger partial charge in [0.2, 0.25) is 11.8 Å². The first-order chi connectivity index (χ1) is 32.1. The number of hydrogen-bond acceptors (Lipinski definition) is 9. The summed E-state index contributed by atoms with van der Waals surface area (Å²) in [6.07, 6.45) is 2.05. The first kappa shape index (κ1) is 31.2. The van der Waals surface area contributed by atoms with Gasteiger partial charge in [-0.25, -0.2) is 8.78 Å². The molecule has 1 aliphatic carbocycles. The number of hydrogen-bond donors (Lipinski definition) is 2. The summed E-state index contributed by atoms with van der Waals surface area (Å²) in [7, 11) is 0. The van der Waals surface area contributed by atoms with Gasteiger partial charge in [-0.1, -0.05) is 48.5 Å². The van der Waals surface area contributed by atoms with Crippen molar-refractivity contribution in [3.63, 3.8) is 0 Å². The molecule has 4 aromatic rings. The maximum absolute atomic E-state index is 16.1. The smallest absolute Gasteiger partial charge is 0.265 e. The minimum Gasteiger partial charge on any atom is -0.508 e. The summed E-state index contributed by atoms with van der Waals surface area (Å²) in [6.45, 7) is -12.6. The number of piperazine rings is 1. The molecule has 4 aromatic carbocycles. The minimum absolute atomic E-state index is 0.0859. The molecule has 3 fully saturated rings. The van der Waals surface area contributed by atoms with Crippen LogP contribution in [0.15, 0.2) is 78.9 Å². The molecule has 1 unspecified atom stereocenters. The van der Waals surface area contributed by atoms with E-state index in [1.165, 1.54) is 11.1 Å². The lowest BCUT2D eigenvalue weighted by atomic mass is 9.69. The van der Waals surface area contributed by atoms with E-state index in [0.29, 0.717) is 60.7 Å². The molecule has 4 aliphatic heterocycles. The first-order valence-corrected chi connectivity index (χ1v) is 20.3. The van der Waals surface area contributed by atoms with E-state index in [1.807, 2.05) is 35.6 Å². The van der Waals surface area contributed by atoms with Crippen molar-refractivity contribution in [1.29, 1.82) is 0 Å². The highest BCUT2D eigenvalue weighted by molar-refractivity contribution is 6.24. The largest absolute Gasteiger partial charge is 0.508 e. The van der Waals surface area contributed by atoms with Crippen LogP contribution in [0, 0.1) is 17.6 Å². The second kappa shape index (κ2) is 16.8. The van der Waals surface area contributed by atoms with Crippen molar-refractivity contribution < 1.29 is 48.8 Å². The summed E-state index contributed by atoms with van der Waals surface area (Å²) in [5.74, 6) is -7.65. The summed E-state index contributed by atoms with van der Waals surface area (Å²) < 4.78 is 110. The Morgan fingerprint density at radius 1 is 0.783 bits per heavy atom. The molecule has 0 bridgehead atoms. The minimum atomic E-state index is -3.62. The lowest BCUT2D eigenvalue weighted by molar-refractivity contribution is -0.136. The van der Waals surface area contributed by atoms with Gasteiger partial charge in [-0.3, -0.25) is 39.2 Å². The van der Waals surface area contributed by atoms with Gasteiger partial charge in [0, 0.05) is 56.9 Å². The Morgan fingerprint density at radius 2 is 1.53 bits per heavy atom. The summed E-state index contributed by atoms with van der Waals surface area (Å²) >= 11 is 0. The van der Waals surface area contributed by atoms with E-state index in [1.54, 1.807) is 6.07 Å². The fraction of sp³-hybridized carbons (Fsp3) is 0.404. The molecule has 4 heterocycles. The monoisotopic (exact) mass is 825 g/mol. The third-order valence-corrected chi connectivity index (χ3v) is 12.3. The van der Waals surface area contributed by atoms with Crippen LogP contribution in [-0.2, 0) is 16.0 Å². The van der Waals surface area contributed by atoms with E-state index in [9.17, 15) is 24.3 Å². The number of likely N-dealkylation sites (tertiary alicyclic amines) is 1. The maximum Gasteiger partial charge on any atom is 0.265 e. The zero-order valence-electron chi connectivity index (χ0n) is 40.6. The highest BCUT2D eigenvalue weighted by Crippen LogP contribution is 2.47. The number of anilines is 1. The number of amides is 4. The van der Waals surface area contributed by atoms with Crippen LogP contribution in [0.5, 0.6) is 11.5 Å². The number of nitrogens with one attached hydrogen (secondary N) is 1. The molecular formula is C47H49F2N5O6. The third kappa shape index (κ3) is 7.76. The van der Waals surface area contributed by atoms with Gasteiger partial charge in [-0.05, 0) is 110 Å². The fourth-order valence-corrected chi connectivity index (χ4v) is 9.19. The number of imide groups is 2. The van der Waals surface area contributed by atoms with E-state index >= 15 is 8.78 Å². The van der Waals surface area contributed by atoms with E-state index in [2.05, 4.69) is 41.3 Å². The standard InChI is InChI=1S/C47H49F2N5O6/c48-43-39(27-37-42(44(43)49)47(59)54(46(37)58)38-14-15-40(56)50-45(38)57)53-22-20-52(21-23-53)28-29-16-18-51(19-17-29)24-25-60-34-10-6-31(7-11-34)41-35(30-4-2-1-3-5-30)12-8-32-26-33(55)9-13-36(32)41/h1-7,9-11,13,26-27,29,35,38,41,55H,8,12,14-25,28H2,(H,50,56,57)/t35-,38?,41+/m1/s1/i20D2,21D2,22D2,23D2. The Labute approximate surface area is 359 Å². The molecule has 5 aliphatic rings. The number of halogens is 2. The second-order valence-electron chi connectivity index (χ2n) is 15.9. The lowest BCUT2D eigenvalue weighted by Crippen LogP contribution is -2.54. The van der Waals surface area contributed by atoms with Crippen LogP contribution < -0.4 is 15.0 Å². The molecule has 13 heteroatoms. The van der Waals surface area contributed by atoms with Crippen LogP contribution in [-0.4, -0.2) is 108 Å². The second-order valence-corrected chi connectivity index (χ2v) is 15.9. The van der Waals surface area contributed by atoms with Crippen LogP contribution >= 0.6 is 0 Å². The molecule has 3 atom stereocenters. The molecule has 2 N–H and O–H groups in total. The molecule has 60 heavy (non-hydrogen) atoms. The average Bonchev–Trinajstić information content (AvgIpc) is 3.54. The molecule has 0 radical (unpaired) electrons. The molecule has 3 saturated heterocycles. The zero-order chi connectivity index (χ0) is 48.7. The van der Waals surface area contributed by atoms with E-state index in [4.69, 9.17) is 15.7 Å². The zero-order valence-corrected chi connectivity index (χ0v) is 32.6. The molecule has 4 amide bonds. The summed E-state index contributed by atoms with van der Waals surface area (Å²) in [5, 5.41) is 12.2. The number of piperidine rings is 2. The van der Waals surface area contributed by atoms with E-state index < -0.39 is 96.6 Å². The Balaban J connectivity index is 0.847.